The molecule has 11 heteroatoms. The number of aromatic amines is 1. The number of H-pyrrole nitrogens is 1. The van der Waals surface area contributed by atoms with Gasteiger partial charge in [-0.3, -0.25) is 4.79 Å². The molecule has 3 heterocycles. The molecule has 1 saturated heterocycles. The number of phenols is 1. The van der Waals surface area contributed by atoms with Crippen molar-refractivity contribution < 1.29 is 23.8 Å². The van der Waals surface area contributed by atoms with E-state index in [1.807, 2.05) is 0 Å². The van der Waals surface area contributed by atoms with E-state index in [1.165, 1.54) is 17.0 Å². The summed E-state index contributed by atoms with van der Waals surface area (Å²) in [5.74, 6) is -0.552. The van der Waals surface area contributed by atoms with E-state index >= 15 is 0 Å². The van der Waals surface area contributed by atoms with Crippen LogP contribution in [0.3, 0.4) is 0 Å². The number of pyridine rings is 1. The lowest BCUT2D eigenvalue weighted by Crippen LogP contribution is -2.50. The highest BCUT2D eigenvalue weighted by atomic mass is 79.9. The van der Waals surface area contributed by atoms with Crippen molar-refractivity contribution >= 4 is 65.7 Å². The summed E-state index contributed by atoms with van der Waals surface area (Å²) in [5.41, 5.74) is 1.96. The number of aromatic hydroxyl groups is 1. The van der Waals surface area contributed by atoms with Crippen LogP contribution in [0.5, 0.6) is 5.75 Å². The molecule has 0 unspecified atom stereocenters. The van der Waals surface area contributed by atoms with E-state index in [-0.39, 0.29) is 24.1 Å². The first-order valence-electron chi connectivity index (χ1n) is 10.8. The molecular weight excluding hydrogens is 587 g/mol. The van der Waals surface area contributed by atoms with Gasteiger partial charge >= 0.3 is 6.09 Å². The topological polar surface area (TPSA) is 98.8 Å². The number of halogens is 3. The first kappa shape index (κ1) is 23.6. The Balaban J connectivity index is 1.18. The van der Waals surface area contributed by atoms with Gasteiger partial charge in [0.2, 0.25) is 0 Å². The normalized spacial score (nSPS) is 14.0. The Bertz CT molecular complexity index is 1470. The molecule has 0 atom stereocenters. The molecule has 5 rings (SSSR count). The lowest BCUT2D eigenvalue weighted by molar-refractivity contribution is 0.0538. The summed E-state index contributed by atoms with van der Waals surface area (Å²) in [6.07, 6.45) is -0.500. The van der Waals surface area contributed by atoms with Gasteiger partial charge in [0.25, 0.3) is 5.91 Å². The number of hydrogen-bond donors (Lipinski definition) is 2. The maximum absolute atomic E-state index is 13.4. The molecule has 2 N–H and O–H groups in total. The van der Waals surface area contributed by atoms with Gasteiger partial charge in [0.1, 0.15) is 23.6 Å². The van der Waals surface area contributed by atoms with Crippen LogP contribution < -0.4 is 0 Å². The van der Waals surface area contributed by atoms with Gasteiger partial charge in [0, 0.05) is 46.9 Å². The Morgan fingerprint density at radius 3 is 2.54 bits per heavy atom. The number of phenolic OH excluding ortho intramolecular Hbond substituents is 1. The average Bonchev–Trinajstić information content (AvgIpc) is 3.28. The number of hydrogen-bond acceptors (Lipinski definition) is 5. The number of piperazine rings is 1. The van der Waals surface area contributed by atoms with Crippen molar-refractivity contribution in [3.8, 4) is 5.75 Å². The van der Waals surface area contributed by atoms with Crippen LogP contribution in [0.2, 0.25) is 0 Å². The van der Waals surface area contributed by atoms with E-state index in [9.17, 15) is 19.1 Å². The van der Waals surface area contributed by atoms with Crippen LogP contribution in [0.4, 0.5) is 9.18 Å². The van der Waals surface area contributed by atoms with Gasteiger partial charge in [0.05, 0.1) is 10.2 Å². The minimum Gasteiger partial charge on any atom is -0.505 e. The number of carbonyl (C=O) groups excluding carboxylic acids is 2. The van der Waals surface area contributed by atoms with Crippen molar-refractivity contribution in [3.63, 3.8) is 0 Å². The molecule has 1 fully saturated rings. The summed E-state index contributed by atoms with van der Waals surface area (Å²) < 4.78 is 20.1. The summed E-state index contributed by atoms with van der Waals surface area (Å²) in [6.45, 7) is 1.29. The molecule has 180 valence electrons. The number of nitrogens with one attached hydrogen (secondary N) is 1. The molecule has 2 amide bonds. The van der Waals surface area contributed by atoms with Crippen LogP contribution in [0, 0.1) is 5.82 Å². The molecule has 1 aliphatic heterocycles. The van der Waals surface area contributed by atoms with E-state index in [1.54, 1.807) is 35.2 Å². The van der Waals surface area contributed by atoms with Gasteiger partial charge in [-0.15, -0.1) is 0 Å². The van der Waals surface area contributed by atoms with Gasteiger partial charge in [-0.25, -0.2) is 14.2 Å². The molecule has 0 bridgehead atoms. The molecule has 0 radical (unpaired) electrons. The van der Waals surface area contributed by atoms with Crippen molar-refractivity contribution in [1.29, 1.82) is 0 Å². The monoisotopic (exact) mass is 604 g/mol. The van der Waals surface area contributed by atoms with Gasteiger partial charge < -0.3 is 24.6 Å². The standard InChI is InChI=1S/C24H19Br2FN4O4/c25-17-11-18(26)22(32)21-16(17)3-2-15(28-21)12-35-24(34)31-7-5-30(6-8-31)23(33)20-10-13-9-14(27)1-4-19(13)29-20/h1-4,9-11,29,32H,5-8,12H2. The second-order valence-corrected chi connectivity index (χ2v) is 9.84. The number of carbonyl (C=O) groups is 2. The number of aromatic nitrogens is 2. The van der Waals surface area contributed by atoms with Crippen LogP contribution in [-0.2, 0) is 11.3 Å². The zero-order chi connectivity index (χ0) is 24.7. The number of nitrogens with zero attached hydrogens (tertiary/aromatic N) is 3. The van der Waals surface area contributed by atoms with Crippen molar-refractivity contribution in [1.82, 2.24) is 19.8 Å². The SMILES string of the molecule is O=C(OCc1ccc2c(Br)cc(Br)c(O)c2n1)N1CCN(C(=O)c2cc3cc(F)ccc3[nH]2)CC1. The highest BCUT2D eigenvalue weighted by molar-refractivity contribution is 9.11. The Morgan fingerprint density at radius 1 is 1.03 bits per heavy atom. The molecule has 2 aromatic heterocycles. The minimum absolute atomic E-state index is 0.0114. The average molecular weight is 606 g/mol. The Labute approximate surface area is 215 Å². The lowest BCUT2D eigenvalue weighted by atomic mass is 10.2. The van der Waals surface area contributed by atoms with Crippen molar-refractivity contribution in [3.05, 3.63) is 68.6 Å². The Hall–Kier alpha value is -3.18. The second kappa shape index (κ2) is 9.46. The van der Waals surface area contributed by atoms with Crippen molar-refractivity contribution in [2.45, 2.75) is 6.61 Å². The van der Waals surface area contributed by atoms with Gasteiger partial charge in [0.15, 0.2) is 5.75 Å². The number of ether oxygens (including phenoxy) is 1. The minimum atomic E-state index is -0.500. The lowest BCUT2D eigenvalue weighted by Gasteiger charge is -2.33. The Morgan fingerprint density at radius 2 is 1.77 bits per heavy atom. The van der Waals surface area contributed by atoms with Crippen molar-refractivity contribution in [2.24, 2.45) is 0 Å². The number of benzene rings is 2. The van der Waals surface area contributed by atoms with Crippen molar-refractivity contribution in [2.75, 3.05) is 26.2 Å². The zero-order valence-electron chi connectivity index (χ0n) is 18.2. The smallest absolute Gasteiger partial charge is 0.410 e. The van der Waals surface area contributed by atoms with E-state index in [0.717, 1.165) is 9.86 Å². The third-order valence-electron chi connectivity index (χ3n) is 5.90. The van der Waals surface area contributed by atoms with E-state index in [2.05, 4.69) is 41.8 Å². The molecule has 0 saturated carbocycles. The quantitative estimate of drug-likeness (QED) is 0.335. The maximum atomic E-state index is 13.4. The number of amides is 2. The Kier molecular flexibility index (Phi) is 6.37. The third kappa shape index (κ3) is 4.70. The van der Waals surface area contributed by atoms with Crippen LogP contribution >= 0.6 is 31.9 Å². The van der Waals surface area contributed by atoms with Crippen LogP contribution in [0.15, 0.2) is 51.4 Å². The predicted molar refractivity (Wildman–Crippen MR) is 135 cm³/mol. The first-order valence-corrected chi connectivity index (χ1v) is 12.3. The highest BCUT2D eigenvalue weighted by Crippen LogP contribution is 2.36. The molecule has 8 nitrogen and oxygen atoms in total. The van der Waals surface area contributed by atoms with Crippen LogP contribution in [0.1, 0.15) is 16.2 Å². The van der Waals surface area contributed by atoms with Gasteiger partial charge in [-0.2, -0.15) is 0 Å². The van der Waals surface area contributed by atoms with Crippen LogP contribution in [0.25, 0.3) is 21.8 Å². The fraction of sp³-hybridized carbons (Fsp3) is 0.208. The number of fused-ring (bicyclic) bond motifs is 2. The fourth-order valence-electron chi connectivity index (χ4n) is 4.03. The van der Waals surface area contributed by atoms with E-state index in [4.69, 9.17) is 4.74 Å². The maximum Gasteiger partial charge on any atom is 0.410 e. The fourth-order valence-corrected chi connectivity index (χ4v) is 5.30. The van der Waals surface area contributed by atoms with Crippen LogP contribution in [-0.4, -0.2) is 63.1 Å². The third-order valence-corrected chi connectivity index (χ3v) is 7.16. The summed E-state index contributed by atoms with van der Waals surface area (Å²) in [5, 5.41) is 11.7. The largest absolute Gasteiger partial charge is 0.505 e. The van der Waals surface area contributed by atoms with Gasteiger partial charge in [-0.1, -0.05) is 15.9 Å². The van der Waals surface area contributed by atoms with E-state index < -0.39 is 6.09 Å². The molecule has 0 aliphatic carbocycles. The second-order valence-electron chi connectivity index (χ2n) is 8.14. The first-order chi connectivity index (χ1) is 16.8. The number of rotatable bonds is 3. The van der Waals surface area contributed by atoms with Gasteiger partial charge in [-0.05, 0) is 58.4 Å². The molecular formula is C24H19Br2FN4O4. The predicted octanol–water partition coefficient (Wildman–Crippen LogP) is 5.18. The highest BCUT2D eigenvalue weighted by Gasteiger charge is 2.26. The molecule has 1 aliphatic rings. The molecule has 35 heavy (non-hydrogen) atoms. The summed E-state index contributed by atoms with van der Waals surface area (Å²) >= 11 is 6.73. The molecule has 0 spiro atoms. The molecule has 4 aromatic rings. The summed E-state index contributed by atoms with van der Waals surface area (Å²) in [7, 11) is 0. The van der Waals surface area contributed by atoms with E-state index in [0.29, 0.717) is 58.5 Å². The zero-order valence-corrected chi connectivity index (χ0v) is 21.4. The molecule has 2 aromatic carbocycles. The summed E-state index contributed by atoms with van der Waals surface area (Å²) in [6, 6.07) is 11.2. The summed E-state index contributed by atoms with van der Waals surface area (Å²) in [4.78, 5) is 36.1.